The summed E-state index contributed by atoms with van der Waals surface area (Å²) >= 11 is 12.2. The van der Waals surface area contributed by atoms with Crippen molar-refractivity contribution in [2.75, 3.05) is 50.4 Å². The van der Waals surface area contributed by atoms with Crippen LogP contribution in [0.4, 0.5) is 11.9 Å². The van der Waals surface area contributed by atoms with Crippen LogP contribution in [0.2, 0.25) is 10.0 Å². The molecule has 2 heterocycles. The summed E-state index contributed by atoms with van der Waals surface area (Å²) in [5.74, 6) is 0.940. The third-order valence-corrected chi connectivity index (χ3v) is 4.20. The molecule has 2 aromatic rings. The summed E-state index contributed by atoms with van der Waals surface area (Å²) in [5, 5.41) is 4.23. The first-order valence-electron chi connectivity index (χ1n) is 7.63. The molecule has 24 heavy (non-hydrogen) atoms. The van der Waals surface area contributed by atoms with Crippen molar-refractivity contribution in [3.63, 3.8) is 0 Å². The van der Waals surface area contributed by atoms with E-state index in [2.05, 4.69) is 25.2 Å². The molecule has 3 N–H and O–H groups in total. The Bertz CT molecular complexity index is 708. The Labute approximate surface area is 150 Å². The van der Waals surface area contributed by atoms with Gasteiger partial charge in [0.15, 0.2) is 5.82 Å². The van der Waals surface area contributed by atoms with Crippen LogP contribution in [-0.2, 0) is 4.74 Å². The van der Waals surface area contributed by atoms with Crippen molar-refractivity contribution in [3.8, 4) is 11.4 Å². The SMILES string of the molecule is Nc1nc(NCCN2CCOCC2)nc(-c2cc(Cl)ccc2Cl)n1. The van der Waals surface area contributed by atoms with Crippen LogP contribution in [0.1, 0.15) is 0 Å². The van der Waals surface area contributed by atoms with E-state index in [1.54, 1.807) is 18.2 Å². The number of ether oxygens (including phenoxy) is 1. The second-order valence-corrected chi connectivity index (χ2v) is 6.19. The number of nitrogen functional groups attached to an aromatic ring is 1. The van der Waals surface area contributed by atoms with Crippen molar-refractivity contribution in [1.29, 1.82) is 0 Å². The van der Waals surface area contributed by atoms with Gasteiger partial charge in [-0.1, -0.05) is 23.2 Å². The Kier molecular flexibility index (Phi) is 5.68. The minimum Gasteiger partial charge on any atom is -0.379 e. The highest BCUT2D eigenvalue weighted by atomic mass is 35.5. The van der Waals surface area contributed by atoms with E-state index in [-0.39, 0.29) is 5.95 Å². The van der Waals surface area contributed by atoms with Gasteiger partial charge < -0.3 is 15.8 Å². The fourth-order valence-electron chi connectivity index (χ4n) is 2.41. The highest BCUT2D eigenvalue weighted by Gasteiger charge is 2.12. The van der Waals surface area contributed by atoms with Crippen LogP contribution in [0, 0.1) is 0 Å². The standard InChI is InChI=1S/C15H18Cl2N6O/c16-10-1-2-12(17)11(9-10)13-20-14(18)22-15(21-13)19-3-4-23-5-7-24-8-6-23/h1-2,9H,3-8H2,(H3,18,19,20,21,22). The van der Waals surface area contributed by atoms with E-state index >= 15 is 0 Å². The number of nitrogens with zero attached hydrogens (tertiary/aromatic N) is 4. The van der Waals surface area contributed by atoms with Crippen LogP contribution in [0.3, 0.4) is 0 Å². The number of hydrogen-bond donors (Lipinski definition) is 2. The molecular weight excluding hydrogens is 351 g/mol. The summed E-state index contributed by atoms with van der Waals surface area (Å²) < 4.78 is 5.33. The van der Waals surface area contributed by atoms with Crippen LogP contribution < -0.4 is 11.1 Å². The van der Waals surface area contributed by atoms with E-state index < -0.39 is 0 Å². The molecule has 9 heteroatoms. The third-order valence-electron chi connectivity index (χ3n) is 3.64. The summed E-state index contributed by atoms with van der Waals surface area (Å²) in [6.45, 7) is 5.00. The minimum absolute atomic E-state index is 0.130. The number of nitrogens with two attached hydrogens (primary N) is 1. The van der Waals surface area contributed by atoms with E-state index in [0.29, 0.717) is 33.9 Å². The molecule has 7 nitrogen and oxygen atoms in total. The molecule has 0 radical (unpaired) electrons. The molecule has 0 aliphatic carbocycles. The van der Waals surface area contributed by atoms with Crippen LogP contribution in [-0.4, -0.2) is 59.2 Å². The molecule has 0 atom stereocenters. The number of halogens is 2. The average molecular weight is 369 g/mol. The zero-order valence-corrected chi connectivity index (χ0v) is 14.5. The molecule has 0 spiro atoms. The largest absolute Gasteiger partial charge is 0.379 e. The molecule has 1 aliphatic rings. The van der Waals surface area contributed by atoms with Crippen molar-refractivity contribution < 1.29 is 4.74 Å². The number of anilines is 2. The lowest BCUT2D eigenvalue weighted by Crippen LogP contribution is -2.39. The zero-order chi connectivity index (χ0) is 16.9. The highest BCUT2D eigenvalue weighted by molar-refractivity contribution is 6.35. The molecule has 0 unspecified atom stereocenters. The molecule has 0 amide bonds. The van der Waals surface area contributed by atoms with Crippen LogP contribution in [0.15, 0.2) is 18.2 Å². The molecular formula is C15H18Cl2N6O. The second-order valence-electron chi connectivity index (χ2n) is 5.35. The molecule has 1 saturated heterocycles. The minimum atomic E-state index is 0.130. The molecule has 3 rings (SSSR count). The van der Waals surface area contributed by atoms with Gasteiger partial charge in [-0.2, -0.15) is 15.0 Å². The smallest absolute Gasteiger partial charge is 0.228 e. The first-order valence-corrected chi connectivity index (χ1v) is 8.38. The van der Waals surface area contributed by atoms with Crippen LogP contribution >= 0.6 is 23.2 Å². The van der Waals surface area contributed by atoms with Gasteiger partial charge in [-0.3, -0.25) is 4.90 Å². The maximum absolute atomic E-state index is 6.20. The Morgan fingerprint density at radius 2 is 1.96 bits per heavy atom. The normalized spacial score (nSPS) is 15.4. The van der Waals surface area contributed by atoms with E-state index in [4.69, 9.17) is 33.7 Å². The summed E-state index contributed by atoms with van der Waals surface area (Å²) in [7, 11) is 0. The Morgan fingerprint density at radius 3 is 2.75 bits per heavy atom. The van der Waals surface area contributed by atoms with Crippen molar-refractivity contribution in [1.82, 2.24) is 19.9 Å². The topological polar surface area (TPSA) is 89.2 Å². The summed E-state index contributed by atoms with van der Waals surface area (Å²) in [4.78, 5) is 15.0. The quantitative estimate of drug-likeness (QED) is 0.835. The van der Waals surface area contributed by atoms with Crippen molar-refractivity contribution in [2.24, 2.45) is 0 Å². The number of rotatable bonds is 5. The van der Waals surface area contributed by atoms with Gasteiger partial charge >= 0.3 is 0 Å². The highest BCUT2D eigenvalue weighted by Crippen LogP contribution is 2.28. The van der Waals surface area contributed by atoms with Gasteiger partial charge in [0, 0.05) is 36.8 Å². The van der Waals surface area contributed by atoms with Crippen molar-refractivity contribution in [2.45, 2.75) is 0 Å². The lowest BCUT2D eigenvalue weighted by atomic mass is 10.2. The number of hydrogen-bond acceptors (Lipinski definition) is 7. The average Bonchev–Trinajstić information content (AvgIpc) is 2.57. The first kappa shape index (κ1) is 17.2. The molecule has 1 aromatic carbocycles. The number of morpholine rings is 1. The first-order chi connectivity index (χ1) is 11.6. The van der Waals surface area contributed by atoms with Crippen molar-refractivity contribution >= 4 is 35.1 Å². The van der Waals surface area contributed by atoms with E-state index in [9.17, 15) is 0 Å². The fourth-order valence-corrected chi connectivity index (χ4v) is 2.79. The predicted molar refractivity (Wildman–Crippen MR) is 95.4 cm³/mol. The number of aromatic nitrogens is 3. The second kappa shape index (κ2) is 7.94. The summed E-state index contributed by atoms with van der Waals surface area (Å²) in [5.41, 5.74) is 6.41. The molecule has 0 saturated carbocycles. The van der Waals surface area contributed by atoms with Crippen LogP contribution in [0.25, 0.3) is 11.4 Å². The van der Waals surface area contributed by atoms with Gasteiger partial charge in [0.25, 0.3) is 0 Å². The number of benzene rings is 1. The third kappa shape index (κ3) is 4.45. The summed E-state index contributed by atoms with van der Waals surface area (Å²) in [6, 6.07) is 5.11. The predicted octanol–water partition coefficient (Wildman–Crippen LogP) is 2.17. The van der Waals surface area contributed by atoms with Crippen molar-refractivity contribution in [3.05, 3.63) is 28.2 Å². The lowest BCUT2D eigenvalue weighted by molar-refractivity contribution is 0.0398. The van der Waals surface area contributed by atoms with Crippen LogP contribution in [0.5, 0.6) is 0 Å². The maximum Gasteiger partial charge on any atom is 0.228 e. The Balaban J connectivity index is 1.70. The Hall–Kier alpha value is -1.67. The van der Waals surface area contributed by atoms with Gasteiger partial charge in [-0.15, -0.1) is 0 Å². The maximum atomic E-state index is 6.20. The van der Waals surface area contributed by atoms with E-state index in [1.165, 1.54) is 0 Å². The molecule has 128 valence electrons. The fraction of sp³-hybridized carbons (Fsp3) is 0.400. The van der Waals surface area contributed by atoms with E-state index in [1.807, 2.05) is 0 Å². The van der Waals surface area contributed by atoms with E-state index in [0.717, 1.165) is 32.8 Å². The Morgan fingerprint density at radius 1 is 1.17 bits per heavy atom. The zero-order valence-electron chi connectivity index (χ0n) is 13.0. The molecule has 1 fully saturated rings. The molecule has 1 aromatic heterocycles. The lowest BCUT2D eigenvalue weighted by Gasteiger charge is -2.26. The monoisotopic (exact) mass is 368 g/mol. The van der Waals surface area contributed by atoms with Gasteiger partial charge in [-0.25, -0.2) is 0 Å². The molecule has 1 aliphatic heterocycles. The van der Waals surface area contributed by atoms with Gasteiger partial charge in [-0.05, 0) is 18.2 Å². The van der Waals surface area contributed by atoms with Gasteiger partial charge in [0.1, 0.15) is 0 Å². The molecule has 0 bridgehead atoms. The van der Waals surface area contributed by atoms with Gasteiger partial charge in [0.05, 0.1) is 18.2 Å². The number of nitrogens with one attached hydrogen (secondary N) is 1. The summed E-state index contributed by atoms with van der Waals surface area (Å²) in [6.07, 6.45) is 0. The van der Waals surface area contributed by atoms with Gasteiger partial charge in [0.2, 0.25) is 11.9 Å².